The van der Waals surface area contributed by atoms with Gasteiger partial charge in [0.05, 0.1) is 13.5 Å². The van der Waals surface area contributed by atoms with Crippen LogP contribution < -0.4 is 5.32 Å². The van der Waals surface area contributed by atoms with Gasteiger partial charge in [0.2, 0.25) is 0 Å². The molecule has 1 rings (SSSR count). The summed E-state index contributed by atoms with van der Waals surface area (Å²) >= 11 is 0. The summed E-state index contributed by atoms with van der Waals surface area (Å²) in [5.74, 6) is -0.159. The lowest BCUT2D eigenvalue weighted by Crippen LogP contribution is -2.23. The van der Waals surface area contributed by atoms with Crippen molar-refractivity contribution < 1.29 is 9.53 Å². The molecule has 0 unspecified atom stereocenters. The van der Waals surface area contributed by atoms with Gasteiger partial charge in [-0.05, 0) is 19.4 Å². The molecule has 1 aliphatic heterocycles. The van der Waals surface area contributed by atoms with Crippen LogP contribution in [0.5, 0.6) is 0 Å². The second-order valence-electron chi connectivity index (χ2n) is 2.92. The van der Waals surface area contributed by atoms with Gasteiger partial charge in [0.25, 0.3) is 0 Å². The zero-order chi connectivity index (χ0) is 8.81. The highest BCUT2D eigenvalue weighted by Crippen LogP contribution is 2.08. The first-order valence-corrected chi connectivity index (χ1v) is 4.28. The van der Waals surface area contributed by atoms with E-state index in [1.54, 1.807) is 0 Å². The Kier molecular flexibility index (Phi) is 3.80. The Morgan fingerprint density at radius 1 is 1.75 bits per heavy atom. The molecule has 0 aromatic heterocycles. The van der Waals surface area contributed by atoms with Crippen LogP contribution in [0, 0.1) is 0 Å². The number of ether oxygens (including phenoxy) is 1. The van der Waals surface area contributed by atoms with Crippen molar-refractivity contribution in [3.8, 4) is 0 Å². The van der Waals surface area contributed by atoms with Crippen LogP contribution in [0.2, 0.25) is 0 Å². The summed E-state index contributed by atoms with van der Waals surface area (Å²) in [5.41, 5.74) is 1.33. The van der Waals surface area contributed by atoms with Gasteiger partial charge in [0.15, 0.2) is 0 Å². The summed E-state index contributed by atoms with van der Waals surface area (Å²) in [4.78, 5) is 10.8. The third-order valence-corrected chi connectivity index (χ3v) is 1.99. The van der Waals surface area contributed by atoms with Crippen molar-refractivity contribution in [2.75, 3.05) is 20.2 Å². The molecular weight excluding hydrogens is 154 g/mol. The topological polar surface area (TPSA) is 38.3 Å². The summed E-state index contributed by atoms with van der Waals surface area (Å²) in [6.45, 7) is 2.02. The molecule has 1 fully saturated rings. The van der Waals surface area contributed by atoms with Crippen LogP contribution in [-0.4, -0.2) is 26.2 Å². The molecule has 12 heavy (non-hydrogen) atoms. The quantitative estimate of drug-likeness (QED) is 0.492. The monoisotopic (exact) mass is 169 g/mol. The van der Waals surface area contributed by atoms with E-state index in [2.05, 4.69) is 10.1 Å². The molecule has 68 valence electrons. The number of hydrogen-bond donors (Lipinski definition) is 1. The van der Waals surface area contributed by atoms with E-state index in [0.717, 1.165) is 19.5 Å². The van der Waals surface area contributed by atoms with Gasteiger partial charge in [-0.2, -0.15) is 0 Å². The Bertz CT molecular complexity index is 179. The smallest absolute Gasteiger partial charge is 0.309 e. The molecule has 0 aromatic rings. The molecule has 0 spiro atoms. The Morgan fingerprint density at radius 2 is 2.58 bits per heavy atom. The highest BCUT2D eigenvalue weighted by Gasteiger charge is 2.04. The molecule has 0 amide bonds. The molecule has 0 aromatic carbocycles. The van der Waals surface area contributed by atoms with Crippen molar-refractivity contribution >= 4 is 5.97 Å². The van der Waals surface area contributed by atoms with Crippen LogP contribution in [0.3, 0.4) is 0 Å². The molecule has 3 nitrogen and oxygen atoms in total. The van der Waals surface area contributed by atoms with Gasteiger partial charge < -0.3 is 10.1 Å². The second-order valence-corrected chi connectivity index (χ2v) is 2.92. The summed E-state index contributed by atoms with van der Waals surface area (Å²) in [6.07, 6.45) is 4.67. The molecule has 1 heterocycles. The zero-order valence-corrected chi connectivity index (χ0v) is 7.43. The van der Waals surface area contributed by atoms with Crippen molar-refractivity contribution in [2.45, 2.75) is 19.3 Å². The summed E-state index contributed by atoms with van der Waals surface area (Å²) in [7, 11) is 1.42. The normalized spacial score (nSPS) is 20.9. The number of carbonyl (C=O) groups is 1. The molecule has 0 aliphatic carbocycles. The molecule has 0 atom stereocenters. The third-order valence-electron chi connectivity index (χ3n) is 1.99. The van der Waals surface area contributed by atoms with Gasteiger partial charge in [0.1, 0.15) is 0 Å². The first-order chi connectivity index (χ1) is 5.83. The lowest BCUT2D eigenvalue weighted by Gasteiger charge is -2.14. The van der Waals surface area contributed by atoms with E-state index >= 15 is 0 Å². The maximum atomic E-state index is 10.8. The van der Waals surface area contributed by atoms with Gasteiger partial charge in [-0.3, -0.25) is 4.79 Å². The average Bonchev–Trinajstić information content (AvgIpc) is 2.16. The van der Waals surface area contributed by atoms with Crippen molar-refractivity contribution in [1.29, 1.82) is 0 Å². The largest absolute Gasteiger partial charge is 0.469 e. The predicted octanol–water partition coefficient (Wildman–Crippen LogP) is 0.859. The maximum Gasteiger partial charge on any atom is 0.309 e. The van der Waals surface area contributed by atoms with Crippen LogP contribution in [0.15, 0.2) is 11.6 Å². The minimum absolute atomic E-state index is 0.159. The second kappa shape index (κ2) is 4.93. The fourth-order valence-electron chi connectivity index (χ4n) is 1.26. The summed E-state index contributed by atoms with van der Waals surface area (Å²) < 4.78 is 4.54. The van der Waals surface area contributed by atoms with Crippen molar-refractivity contribution in [3.63, 3.8) is 0 Å². The van der Waals surface area contributed by atoms with Gasteiger partial charge in [0, 0.05) is 6.54 Å². The number of nitrogens with one attached hydrogen (secondary N) is 1. The van der Waals surface area contributed by atoms with E-state index in [1.165, 1.54) is 19.1 Å². The molecule has 1 N–H and O–H groups in total. The molecule has 1 aliphatic rings. The van der Waals surface area contributed by atoms with Gasteiger partial charge in [-0.25, -0.2) is 0 Å². The minimum Gasteiger partial charge on any atom is -0.469 e. The van der Waals surface area contributed by atoms with E-state index in [1.807, 2.05) is 6.08 Å². The highest BCUT2D eigenvalue weighted by atomic mass is 16.5. The van der Waals surface area contributed by atoms with E-state index in [0.29, 0.717) is 6.42 Å². The van der Waals surface area contributed by atoms with Crippen LogP contribution in [0.1, 0.15) is 19.3 Å². The van der Waals surface area contributed by atoms with Crippen LogP contribution >= 0.6 is 0 Å². The van der Waals surface area contributed by atoms with Crippen LogP contribution in [-0.2, 0) is 9.53 Å². The number of methoxy groups -OCH3 is 1. The molecular formula is C9H15NO2. The molecule has 3 heteroatoms. The first-order valence-electron chi connectivity index (χ1n) is 4.28. The predicted molar refractivity (Wildman–Crippen MR) is 46.8 cm³/mol. The molecule has 0 bridgehead atoms. The van der Waals surface area contributed by atoms with Gasteiger partial charge in [-0.15, -0.1) is 0 Å². The van der Waals surface area contributed by atoms with Gasteiger partial charge >= 0.3 is 5.97 Å². The van der Waals surface area contributed by atoms with Gasteiger partial charge in [-0.1, -0.05) is 11.6 Å². The van der Waals surface area contributed by atoms with E-state index in [9.17, 15) is 4.79 Å². The van der Waals surface area contributed by atoms with Crippen molar-refractivity contribution in [1.82, 2.24) is 5.32 Å². The lowest BCUT2D eigenvalue weighted by molar-refractivity contribution is -0.139. The van der Waals surface area contributed by atoms with E-state index in [-0.39, 0.29) is 5.97 Å². The number of esters is 1. The number of carbonyl (C=O) groups excluding carboxylic acids is 1. The zero-order valence-electron chi connectivity index (χ0n) is 7.43. The Labute approximate surface area is 72.8 Å². The Balaban J connectivity index is 2.29. The van der Waals surface area contributed by atoms with E-state index < -0.39 is 0 Å². The number of hydrogen-bond acceptors (Lipinski definition) is 3. The van der Waals surface area contributed by atoms with Crippen LogP contribution in [0.25, 0.3) is 0 Å². The van der Waals surface area contributed by atoms with Crippen LogP contribution in [0.4, 0.5) is 0 Å². The number of piperidine rings is 1. The molecule has 0 saturated carbocycles. The fraction of sp³-hybridized carbons (Fsp3) is 0.667. The Hall–Kier alpha value is -0.830. The highest BCUT2D eigenvalue weighted by molar-refractivity contribution is 5.71. The average molecular weight is 169 g/mol. The van der Waals surface area contributed by atoms with Crippen molar-refractivity contribution in [3.05, 3.63) is 11.6 Å². The lowest BCUT2D eigenvalue weighted by atomic mass is 10.1. The number of rotatable bonds is 2. The summed E-state index contributed by atoms with van der Waals surface area (Å²) in [5, 5.41) is 3.26. The van der Waals surface area contributed by atoms with E-state index in [4.69, 9.17) is 0 Å². The standard InChI is InChI=1S/C9H15NO2/c1-12-9(11)5-4-8-3-2-6-10-7-8/h4,10H,2-3,5-7H2,1H3. The minimum atomic E-state index is -0.159. The maximum absolute atomic E-state index is 10.8. The SMILES string of the molecule is COC(=O)CC=C1CCCNC1. The Morgan fingerprint density at radius 3 is 3.17 bits per heavy atom. The van der Waals surface area contributed by atoms with Crippen molar-refractivity contribution in [2.24, 2.45) is 0 Å². The molecule has 0 radical (unpaired) electrons. The fourth-order valence-corrected chi connectivity index (χ4v) is 1.26. The first kappa shape index (κ1) is 9.26. The summed E-state index contributed by atoms with van der Waals surface area (Å²) in [6, 6.07) is 0. The third kappa shape index (κ3) is 3.05. The molecule has 1 saturated heterocycles.